The van der Waals surface area contributed by atoms with Crippen molar-refractivity contribution in [3.8, 4) is 5.75 Å². The van der Waals surface area contributed by atoms with Crippen LogP contribution in [0.1, 0.15) is 45.5 Å². The van der Waals surface area contributed by atoms with Crippen LogP contribution < -0.4 is 15.8 Å². The molecule has 2 aromatic carbocycles. The SMILES string of the molecule is COC(=O)c1cc(CC(=O)[C@@H](N)CCCCNCC(=O)c2ccccc2)ccc1OC. The number of esters is 1. The number of nitrogens with two attached hydrogens (primary N) is 1. The van der Waals surface area contributed by atoms with Gasteiger partial charge in [0.25, 0.3) is 0 Å². The molecule has 0 saturated carbocycles. The van der Waals surface area contributed by atoms with Crippen LogP contribution in [0.4, 0.5) is 0 Å². The number of ether oxygens (including phenoxy) is 2. The van der Waals surface area contributed by atoms with Crippen molar-refractivity contribution in [2.75, 3.05) is 27.3 Å². The smallest absolute Gasteiger partial charge is 0.341 e. The predicted octanol–water partition coefficient (Wildman–Crippen LogP) is 2.56. The van der Waals surface area contributed by atoms with Crippen LogP contribution in [0.15, 0.2) is 48.5 Å². The number of carbonyl (C=O) groups is 3. The number of unbranched alkanes of at least 4 members (excludes halogenated alkanes) is 1. The summed E-state index contributed by atoms with van der Waals surface area (Å²) in [6.07, 6.45) is 2.29. The summed E-state index contributed by atoms with van der Waals surface area (Å²) >= 11 is 0. The average molecular weight is 427 g/mol. The van der Waals surface area contributed by atoms with Crippen molar-refractivity contribution in [2.24, 2.45) is 5.73 Å². The van der Waals surface area contributed by atoms with E-state index in [-0.39, 0.29) is 30.1 Å². The van der Waals surface area contributed by atoms with Crippen LogP contribution in [0.3, 0.4) is 0 Å². The summed E-state index contributed by atoms with van der Waals surface area (Å²) in [4.78, 5) is 36.3. The average Bonchev–Trinajstić information content (AvgIpc) is 2.80. The second-order valence-electron chi connectivity index (χ2n) is 7.24. The van der Waals surface area contributed by atoms with Crippen LogP contribution >= 0.6 is 0 Å². The van der Waals surface area contributed by atoms with Gasteiger partial charge in [0.15, 0.2) is 11.6 Å². The lowest BCUT2D eigenvalue weighted by Crippen LogP contribution is -2.32. The molecule has 0 aliphatic rings. The maximum absolute atomic E-state index is 12.5. The zero-order chi connectivity index (χ0) is 22.6. The summed E-state index contributed by atoms with van der Waals surface area (Å²) in [7, 11) is 2.76. The molecule has 0 radical (unpaired) electrons. The third-order valence-electron chi connectivity index (χ3n) is 4.96. The topological polar surface area (TPSA) is 108 Å². The number of nitrogens with one attached hydrogen (secondary N) is 1. The van der Waals surface area contributed by atoms with E-state index in [1.54, 1.807) is 30.3 Å². The molecule has 0 spiro atoms. The molecule has 2 rings (SSSR count). The monoisotopic (exact) mass is 426 g/mol. The molecule has 0 aromatic heterocycles. The quantitative estimate of drug-likeness (QED) is 0.288. The van der Waals surface area contributed by atoms with Crippen LogP contribution in [0, 0.1) is 0 Å². The lowest BCUT2D eigenvalue weighted by Gasteiger charge is -2.12. The first-order valence-electron chi connectivity index (χ1n) is 10.3. The van der Waals surface area contributed by atoms with Gasteiger partial charge in [0.1, 0.15) is 11.3 Å². The van der Waals surface area contributed by atoms with Crippen molar-refractivity contribution >= 4 is 17.5 Å². The summed E-state index contributed by atoms with van der Waals surface area (Å²) in [5.41, 5.74) is 7.70. The molecular formula is C24H30N2O5. The standard InChI is InChI=1S/C24H30N2O5/c1-30-23-12-11-17(14-19(23)24(29)31-2)15-21(27)20(25)10-6-7-13-26-16-22(28)18-8-4-3-5-9-18/h3-5,8-9,11-12,14,20,26H,6-7,10,13,15-16,25H2,1-2H3/t20-/m0/s1. The third-order valence-corrected chi connectivity index (χ3v) is 4.96. The number of rotatable bonds is 13. The molecule has 166 valence electrons. The summed E-state index contributed by atoms with van der Waals surface area (Å²) in [5, 5.41) is 3.13. The molecule has 31 heavy (non-hydrogen) atoms. The Hall–Kier alpha value is -3.03. The van der Waals surface area contributed by atoms with Crippen molar-refractivity contribution in [3.63, 3.8) is 0 Å². The predicted molar refractivity (Wildman–Crippen MR) is 119 cm³/mol. The summed E-state index contributed by atoms with van der Waals surface area (Å²) in [6, 6.07) is 13.6. The molecule has 0 unspecified atom stereocenters. The highest BCUT2D eigenvalue weighted by Gasteiger charge is 2.17. The Morgan fingerprint density at radius 3 is 2.45 bits per heavy atom. The highest BCUT2D eigenvalue weighted by molar-refractivity contribution is 5.97. The second-order valence-corrected chi connectivity index (χ2v) is 7.24. The first-order chi connectivity index (χ1) is 15.0. The van der Waals surface area contributed by atoms with Crippen molar-refractivity contribution in [3.05, 3.63) is 65.2 Å². The Bertz CT molecular complexity index is 883. The minimum Gasteiger partial charge on any atom is -0.496 e. The first-order valence-corrected chi connectivity index (χ1v) is 10.3. The minimum atomic E-state index is -0.574. The van der Waals surface area contributed by atoms with Gasteiger partial charge in [-0.25, -0.2) is 4.79 Å². The van der Waals surface area contributed by atoms with Gasteiger partial charge in [-0.3, -0.25) is 9.59 Å². The van der Waals surface area contributed by atoms with Gasteiger partial charge in [0, 0.05) is 12.0 Å². The van der Waals surface area contributed by atoms with E-state index < -0.39 is 12.0 Å². The lowest BCUT2D eigenvalue weighted by atomic mass is 9.98. The van der Waals surface area contributed by atoms with Gasteiger partial charge in [-0.05, 0) is 37.1 Å². The molecule has 2 aromatic rings. The normalized spacial score (nSPS) is 11.6. The molecule has 0 saturated heterocycles. The maximum atomic E-state index is 12.5. The van der Waals surface area contributed by atoms with Crippen LogP contribution in [0.25, 0.3) is 0 Å². The lowest BCUT2D eigenvalue weighted by molar-refractivity contribution is -0.119. The van der Waals surface area contributed by atoms with Crippen LogP contribution in [-0.2, 0) is 16.0 Å². The van der Waals surface area contributed by atoms with Crippen molar-refractivity contribution in [1.29, 1.82) is 0 Å². The largest absolute Gasteiger partial charge is 0.496 e. The Morgan fingerprint density at radius 2 is 1.77 bits per heavy atom. The first kappa shape index (κ1) is 24.2. The van der Waals surface area contributed by atoms with Gasteiger partial charge in [0.05, 0.1) is 26.8 Å². The van der Waals surface area contributed by atoms with Crippen LogP contribution in [0.5, 0.6) is 5.75 Å². The number of hydrogen-bond acceptors (Lipinski definition) is 7. The Balaban J connectivity index is 1.71. The number of benzene rings is 2. The van der Waals surface area contributed by atoms with E-state index in [1.807, 2.05) is 18.2 Å². The Morgan fingerprint density at radius 1 is 1.03 bits per heavy atom. The molecule has 0 aliphatic carbocycles. The van der Waals surface area contributed by atoms with E-state index in [4.69, 9.17) is 15.2 Å². The number of Topliss-reactive ketones (excluding diaryl/α,β-unsaturated/α-hetero) is 2. The molecule has 0 bridgehead atoms. The molecule has 3 N–H and O–H groups in total. The molecular weight excluding hydrogens is 396 g/mol. The second kappa shape index (κ2) is 12.6. The van der Waals surface area contributed by atoms with Gasteiger partial charge in [-0.1, -0.05) is 42.8 Å². The van der Waals surface area contributed by atoms with E-state index >= 15 is 0 Å². The van der Waals surface area contributed by atoms with E-state index in [2.05, 4.69) is 5.32 Å². The fourth-order valence-corrected chi connectivity index (χ4v) is 3.17. The van der Waals surface area contributed by atoms with Crippen molar-refractivity contribution < 1.29 is 23.9 Å². The van der Waals surface area contributed by atoms with Gasteiger partial charge < -0.3 is 20.5 Å². The van der Waals surface area contributed by atoms with E-state index in [0.29, 0.717) is 29.8 Å². The third kappa shape index (κ3) is 7.62. The Kier molecular flexibility index (Phi) is 9.87. The highest BCUT2D eigenvalue weighted by atomic mass is 16.5. The number of hydrogen-bond donors (Lipinski definition) is 2. The van der Waals surface area contributed by atoms with Crippen LogP contribution in [0.2, 0.25) is 0 Å². The summed E-state index contributed by atoms with van der Waals surface area (Å²) < 4.78 is 9.92. The van der Waals surface area contributed by atoms with Crippen molar-refractivity contribution in [2.45, 2.75) is 31.7 Å². The van der Waals surface area contributed by atoms with Crippen LogP contribution in [-0.4, -0.2) is 50.9 Å². The van der Waals surface area contributed by atoms with Crippen molar-refractivity contribution in [1.82, 2.24) is 5.32 Å². The zero-order valence-corrected chi connectivity index (χ0v) is 18.1. The van der Waals surface area contributed by atoms with Gasteiger partial charge in [-0.15, -0.1) is 0 Å². The van der Waals surface area contributed by atoms with Gasteiger partial charge >= 0.3 is 5.97 Å². The molecule has 0 aliphatic heterocycles. The number of carbonyl (C=O) groups excluding carboxylic acids is 3. The molecule has 1 atom stereocenters. The molecule has 0 fully saturated rings. The summed E-state index contributed by atoms with van der Waals surface area (Å²) in [6.45, 7) is 0.968. The fourth-order valence-electron chi connectivity index (χ4n) is 3.17. The van der Waals surface area contributed by atoms with E-state index in [9.17, 15) is 14.4 Å². The Labute approximate surface area is 182 Å². The molecule has 0 amide bonds. The fraction of sp³-hybridized carbons (Fsp3) is 0.375. The highest BCUT2D eigenvalue weighted by Crippen LogP contribution is 2.21. The zero-order valence-electron chi connectivity index (χ0n) is 18.1. The molecule has 7 nitrogen and oxygen atoms in total. The van der Waals surface area contributed by atoms with E-state index in [1.165, 1.54) is 14.2 Å². The van der Waals surface area contributed by atoms with Gasteiger partial charge in [-0.2, -0.15) is 0 Å². The molecule has 0 heterocycles. The number of methoxy groups -OCH3 is 2. The summed E-state index contributed by atoms with van der Waals surface area (Å²) in [5.74, 6) is -0.161. The minimum absolute atomic E-state index is 0.0540. The maximum Gasteiger partial charge on any atom is 0.341 e. The number of ketones is 2. The molecule has 7 heteroatoms. The van der Waals surface area contributed by atoms with Gasteiger partial charge in [0.2, 0.25) is 0 Å². The van der Waals surface area contributed by atoms with E-state index in [0.717, 1.165) is 12.8 Å².